The standard InChI is InChI=1S/C28H33F3N6O3/c1-38-10-5-20-12-21(14-24(13-20)40-28(29,30)31)17-32-6-2-3-9-39-11-8-33-26-15-23(22-4-7-34-35-18-22)16-27-25(26)19-36-37-27/h4,7,12-16,18-19,32-33H,2-3,5-6,8-11,17H2,1H3,(H,36,37). The topological polar surface area (TPSA) is 106 Å². The van der Waals surface area contributed by atoms with E-state index in [4.69, 9.17) is 9.47 Å². The first-order valence-corrected chi connectivity index (χ1v) is 13.1. The van der Waals surface area contributed by atoms with Gasteiger partial charge in [-0.3, -0.25) is 5.10 Å². The fraction of sp³-hybridized carbons (Fsp3) is 0.393. The summed E-state index contributed by atoms with van der Waals surface area (Å²) in [7, 11) is 1.55. The average molecular weight is 559 g/mol. The third-order valence-corrected chi connectivity index (χ3v) is 6.11. The number of halogens is 3. The zero-order valence-electron chi connectivity index (χ0n) is 22.3. The van der Waals surface area contributed by atoms with Crippen LogP contribution in [0.4, 0.5) is 18.9 Å². The Balaban J connectivity index is 1.15. The smallest absolute Gasteiger partial charge is 0.406 e. The molecule has 0 atom stereocenters. The van der Waals surface area contributed by atoms with Crippen molar-refractivity contribution in [3.05, 3.63) is 66.1 Å². The lowest BCUT2D eigenvalue weighted by molar-refractivity contribution is -0.274. The molecule has 4 rings (SSSR count). The van der Waals surface area contributed by atoms with Crippen LogP contribution in [0.15, 0.2) is 55.0 Å². The molecule has 0 saturated heterocycles. The number of nitrogens with one attached hydrogen (secondary N) is 3. The van der Waals surface area contributed by atoms with Gasteiger partial charge in [0.1, 0.15) is 5.75 Å². The quantitative estimate of drug-likeness (QED) is 0.163. The molecule has 0 bridgehead atoms. The van der Waals surface area contributed by atoms with Crippen LogP contribution < -0.4 is 15.4 Å². The van der Waals surface area contributed by atoms with Crippen LogP contribution >= 0.6 is 0 Å². The minimum absolute atomic E-state index is 0.213. The molecule has 9 nitrogen and oxygen atoms in total. The van der Waals surface area contributed by atoms with Crippen LogP contribution in [0.2, 0.25) is 0 Å². The number of H-pyrrole nitrogens is 1. The molecule has 0 fully saturated rings. The Morgan fingerprint density at radius 3 is 2.58 bits per heavy atom. The lowest BCUT2D eigenvalue weighted by atomic mass is 10.1. The minimum atomic E-state index is -4.73. The van der Waals surface area contributed by atoms with Gasteiger partial charge < -0.3 is 24.8 Å². The number of benzene rings is 2. The van der Waals surface area contributed by atoms with E-state index in [-0.39, 0.29) is 5.75 Å². The number of anilines is 1. The van der Waals surface area contributed by atoms with E-state index >= 15 is 0 Å². The van der Waals surface area contributed by atoms with Crippen molar-refractivity contribution in [3.8, 4) is 16.9 Å². The molecule has 12 heteroatoms. The number of unbranched alkanes of at least 4 members (excludes halogenated alkanes) is 1. The third kappa shape index (κ3) is 9.18. The predicted molar refractivity (Wildman–Crippen MR) is 146 cm³/mol. The van der Waals surface area contributed by atoms with Crippen molar-refractivity contribution in [2.24, 2.45) is 0 Å². The second-order valence-electron chi connectivity index (χ2n) is 9.19. The van der Waals surface area contributed by atoms with Gasteiger partial charge in [-0.05, 0) is 72.8 Å². The number of aromatic nitrogens is 4. The fourth-order valence-corrected chi connectivity index (χ4v) is 4.26. The highest BCUT2D eigenvalue weighted by Gasteiger charge is 2.31. The van der Waals surface area contributed by atoms with Crippen LogP contribution in [0, 0.1) is 0 Å². The van der Waals surface area contributed by atoms with Gasteiger partial charge in [0, 0.05) is 43.4 Å². The highest BCUT2D eigenvalue weighted by Crippen LogP contribution is 2.29. The molecule has 0 radical (unpaired) electrons. The second kappa shape index (κ2) is 14.6. The predicted octanol–water partition coefficient (Wildman–Crippen LogP) is 5.11. The molecule has 0 amide bonds. The van der Waals surface area contributed by atoms with Crippen LogP contribution in [0.25, 0.3) is 22.0 Å². The Morgan fingerprint density at radius 1 is 0.900 bits per heavy atom. The SMILES string of the molecule is COCCc1cc(CNCCCCOCCNc2cc(-c3ccnnc3)cc3[nH]ncc23)cc(OC(F)(F)F)c1. The number of nitrogens with zero attached hydrogens (tertiary/aromatic N) is 3. The fourth-order valence-electron chi connectivity index (χ4n) is 4.26. The van der Waals surface area contributed by atoms with E-state index in [1.807, 2.05) is 18.2 Å². The summed E-state index contributed by atoms with van der Waals surface area (Å²) >= 11 is 0. The molecule has 2 aromatic carbocycles. The average Bonchev–Trinajstić information content (AvgIpc) is 3.41. The van der Waals surface area contributed by atoms with E-state index in [9.17, 15) is 13.2 Å². The van der Waals surface area contributed by atoms with Crippen molar-refractivity contribution in [2.75, 3.05) is 45.3 Å². The van der Waals surface area contributed by atoms with Gasteiger partial charge in [-0.25, -0.2) is 0 Å². The van der Waals surface area contributed by atoms with Gasteiger partial charge in [0.25, 0.3) is 0 Å². The highest BCUT2D eigenvalue weighted by molar-refractivity contribution is 5.95. The van der Waals surface area contributed by atoms with Crippen molar-refractivity contribution in [1.29, 1.82) is 0 Å². The summed E-state index contributed by atoms with van der Waals surface area (Å²) in [4.78, 5) is 0. The monoisotopic (exact) mass is 558 g/mol. The van der Waals surface area contributed by atoms with Gasteiger partial charge in [0.2, 0.25) is 0 Å². The van der Waals surface area contributed by atoms with Crippen molar-refractivity contribution in [2.45, 2.75) is 32.2 Å². The Labute approximate surface area is 230 Å². The Hall–Kier alpha value is -3.74. The van der Waals surface area contributed by atoms with Gasteiger partial charge in [0.15, 0.2) is 0 Å². The Kier molecular flexibility index (Phi) is 10.7. The van der Waals surface area contributed by atoms with Crippen LogP contribution in [0.3, 0.4) is 0 Å². The number of aromatic amines is 1. The first kappa shape index (κ1) is 29.2. The molecule has 0 aliphatic rings. The molecule has 0 aliphatic carbocycles. The first-order chi connectivity index (χ1) is 19.4. The van der Waals surface area contributed by atoms with Gasteiger partial charge in [0.05, 0.1) is 37.3 Å². The summed E-state index contributed by atoms with van der Waals surface area (Å²) in [6.07, 6.45) is 2.69. The number of hydrogen-bond acceptors (Lipinski definition) is 8. The summed E-state index contributed by atoms with van der Waals surface area (Å²) in [6.45, 7) is 3.37. The summed E-state index contributed by atoms with van der Waals surface area (Å²) < 4.78 is 53.0. The molecule has 0 spiro atoms. The first-order valence-electron chi connectivity index (χ1n) is 13.1. The van der Waals surface area contributed by atoms with E-state index in [1.54, 1.807) is 25.7 Å². The van der Waals surface area contributed by atoms with Crippen molar-refractivity contribution in [1.82, 2.24) is 25.7 Å². The highest BCUT2D eigenvalue weighted by atomic mass is 19.4. The van der Waals surface area contributed by atoms with E-state index in [0.717, 1.165) is 51.7 Å². The number of rotatable bonds is 16. The maximum atomic E-state index is 12.7. The van der Waals surface area contributed by atoms with Crippen LogP contribution in [0.1, 0.15) is 24.0 Å². The molecule has 0 saturated carbocycles. The molecule has 214 valence electrons. The lowest BCUT2D eigenvalue weighted by Gasteiger charge is -2.13. The molecule has 2 heterocycles. The second-order valence-corrected chi connectivity index (χ2v) is 9.19. The van der Waals surface area contributed by atoms with E-state index in [0.29, 0.717) is 45.9 Å². The van der Waals surface area contributed by atoms with Gasteiger partial charge >= 0.3 is 6.36 Å². The molecule has 2 aromatic heterocycles. The zero-order valence-corrected chi connectivity index (χ0v) is 22.3. The summed E-state index contributed by atoms with van der Waals surface area (Å²) in [5.74, 6) is -0.213. The number of fused-ring (bicyclic) bond motifs is 1. The summed E-state index contributed by atoms with van der Waals surface area (Å²) in [5, 5.41) is 22.7. The lowest BCUT2D eigenvalue weighted by Crippen LogP contribution is -2.19. The van der Waals surface area contributed by atoms with Crippen molar-refractivity contribution >= 4 is 16.6 Å². The molecular weight excluding hydrogens is 525 g/mol. The van der Waals surface area contributed by atoms with E-state index in [1.165, 1.54) is 12.1 Å². The number of ether oxygens (including phenoxy) is 3. The maximum Gasteiger partial charge on any atom is 0.573 e. The molecule has 0 aliphatic heterocycles. The minimum Gasteiger partial charge on any atom is -0.406 e. The van der Waals surface area contributed by atoms with Gasteiger partial charge in [-0.2, -0.15) is 15.3 Å². The Morgan fingerprint density at radius 2 is 1.77 bits per heavy atom. The summed E-state index contributed by atoms with van der Waals surface area (Å²) in [5.41, 5.74) is 5.32. The molecule has 4 aromatic rings. The number of alkyl halides is 3. The summed E-state index contributed by atoms with van der Waals surface area (Å²) in [6, 6.07) is 10.7. The number of hydrogen-bond donors (Lipinski definition) is 3. The van der Waals surface area contributed by atoms with E-state index < -0.39 is 6.36 Å². The largest absolute Gasteiger partial charge is 0.573 e. The molecular formula is C28H33F3N6O3. The maximum absolute atomic E-state index is 12.7. The normalized spacial score (nSPS) is 11.7. The third-order valence-electron chi connectivity index (χ3n) is 6.11. The van der Waals surface area contributed by atoms with Crippen molar-refractivity contribution in [3.63, 3.8) is 0 Å². The zero-order chi connectivity index (χ0) is 28.2. The van der Waals surface area contributed by atoms with Crippen LogP contribution in [0.5, 0.6) is 5.75 Å². The van der Waals surface area contributed by atoms with Crippen LogP contribution in [-0.2, 0) is 22.4 Å². The van der Waals surface area contributed by atoms with Gasteiger partial charge in [-0.1, -0.05) is 6.07 Å². The molecule has 0 unspecified atom stereocenters. The number of methoxy groups -OCH3 is 1. The molecule has 40 heavy (non-hydrogen) atoms. The van der Waals surface area contributed by atoms with E-state index in [2.05, 4.69) is 41.8 Å². The van der Waals surface area contributed by atoms with Crippen LogP contribution in [-0.4, -0.2) is 66.8 Å². The van der Waals surface area contributed by atoms with Gasteiger partial charge in [-0.15, -0.1) is 13.2 Å². The van der Waals surface area contributed by atoms with Crippen molar-refractivity contribution < 1.29 is 27.4 Å². The Bertz CT molecular complexity index is 1330. The molecule has 3 N–H and O–H groups in total.